The summed E-state index contributed by atoms with van der Waals surface area (Å²) in [5, 5.41) is 10.4. The van der Waals surface area contributed by atoms with Crippen molar-refractivity contribution >= 4 is 0 Å². The maximum Gasteiger partial charge on any atom is 0.0574 e. The van der Waals surface area contributed by atoms with Crippen molar-refractivity contribution in [2.75, 3.05) is 0 Å². The monoisotopic (exact) mass is 260 g/mol. The molecule has 0 amide bonds. The third-order valence-electron chi connectivity index (χ3n) is 3.85. The van der Waals surface area contributed by atoms with Crippen LogP contribution in [0, 0.1) is 5.92 Å². The predicted octanol–water partition coefficient (Wildman–Crippen LogP) is 4.95. The number of aliphatic hydroxyl groups is 1. The van der Waals surface area contributed by atoms with Crippen molar-refractivity contribution in [2.24, 2.45) is 5.92 Å². The van der Waals surface area contributed by atoms with E-state index in [1.165, 1.54) is 11.1 Å². The molecule has 106 valence electrons. The number of hydrogen-bond acceptors (Lipinski definition) is 1. The van der Waals surface area contributed by atoms with E-state index >= 15 is 0 Å². The molecule has 0 saturated heterocycles. The van der Waals surface area contributed by atoms with Crippen molar-refractivity contribution in [3.63, 3.8) is 0 Å². The summed E-state index contributed by atoms with van der Waals surface area (Å²) in [7, 11) is 0. The lowest BCUT2D eigenvalue weighted by Gasteiger charge is -2.22. The van der Waals surface area contributed by atoms with Crippen LogP contribution in [-0.4, -0.2) is 11.2 Å². The summed E-state index contributed by atoms with van der Waals surface area (Å²) >= 11 is 0. The predicted molar refractivity (Wildman–Crippen MR) is 84.0 cm³/mol. The van der Waals surface area contributed by atoms with E-state index in [0.29, 0.717) is 5.92 Å². The van der Waals surface area contributed by atoms with Gasteiger partial charge in [0, 0.05) is 0 Å². The largest absolute Gasteiger partial charge is 0.393 e. The van der Waals surface area contributed by atoms with Crippen molar-refractivity contribution in [1.29, 1.82) is 0 Å². The minimum Gasteiger partial charge on any atom is -0.393 e. The SMILES string of the molecule is C/C=C\C=C(/C)CCC(O)C(CC)CC1=CC=CC1. The number of allylic oxidation sites excluding steroid dienone is 8. The van der Waals surface area contributed by atoms with Gasteiger partial charge in [0.2, 0.25) is 0 Å². The van der Waals surface area contributed by atoms with E-state index in [1.54, 1.807) is 0 Å². The lowest BCUT2D eigenvalue weighted by molar-refractivity contribution is 0.0963. The zero-order chi connectivity index (χ0) is 14.1. The van der Waals surface area contributed by atoms with Crippen LogP contribution in [0.2, 0.25) is 0 Å². The highest BCUT2D eigenvalue weighted by Crippen LogP contribution is 2.26. The second-order valence-corrected chi connectivity index (χ2v) is 5.47. The topological polar surface area (TPSA) is 20.2 Å². The molecular formula is C18H28O. The van der Waals surface area contributed by atoms with E-state index in [1.807, 2.05) is 13.0 Å². The first kappa shape index (κ1) is 16.0. The highest BCUT2D eigenvalue weighted by atomic mass is 16.3. The van der Waals surface area contributed by atoms with Crippen molar-refractivity contribution in [3.05, 3.63) is 47.6 Å². The van der Waals surface area contributed by atoms with Crippen LogP contribution < -0.4 is 0 Å². The third-order valence-corrected chi connectivity index (χ3v) is 3.85. The van der Waals surface area contributed by atoms with Crippen molar-refractivity contribution in [1.82, 2.24) is 0 Å². The zero-order valence-electron chi connectivity index (χ0n) is 12.6. The van der Waals surface area contributed by atoms with Gasteiger partial charge in [-0.25, -0.2) is 0 Å². The molecular weight excluding hydrogens is 232 g/mol. The first-order chi connectivity index (χ1) is 9.17. The van der Waals surface area contributed by atoms with E-state index in [2.05, 4.69) is 44.2 Å². The van der Waals surface area contributed by atoms with E-state index in [-0.39, 0.29) is 6.10 Å². The fourth-order valence-electron chi connectivity index (χ4n) is 2.49. The summed E-state index contributed by atoms with van der Waals surface area (Å²) in [6, 6.07) is 0. The van der Waals surface area contributed by atoms with E-state index in [9.17, 15) is 5.11 Å². The van der Waals surface area contributed by atoms with Gasteiger partial charge in [0.1, 0.15) is 0 Å². The van der Waals surface area contributed by atoms with E-state index < -0.39 is 0 Å². The van der Waals surface area contributed by atoms with Crippen LogP contribution in [0.4, 0.5) is 0 Å². The highest BCUT2D eigenvalue weighted by molar-refractivity contribution is 5.23. The summed E-state index contributed by atoms with van der Waals surface area (Å²) in [6.45, 7) is 6.34. The molecule has 0 spiro atoms. The number of rotatable bonds is 8. The lowest BCUT2D eigenvalue weighted by atomic mass is 9.88. The number of hydrogen-bond donors (Lipinski definition) is 1. The molecule has 1 aliphatic rings. The Morgan fingerprint density at radius 2 is 2.26 bits per heavy atom. The van der Waals surface area contributed by atoms with Crippen LogP contribution in [0.25, 0.3) is 0 Å². The molecule has 1 heteroatoms. The molecule has 1 rings (SSSR count). The first-order valence-corrected chi connectivity index (χ1v) is 7.48. The Labute approximate surface area is 118 Å². The molecule has 0 fully saturated rings. The van der Waals surface area contributed by atoms with E-state index in [0.717, 1.165) is 32.1 Å². The zero-order valence-corrected chi connectivity index (χ0v) is 12.6. The molecule has 0 bridgehead atoms. The third kappa shape index (κ3) is 6.07. The Kier molecular flexibility index (Phi) is 7.50. The average molecular weight is 260 g/mol. The molecule has 19 heavy (non-hydrogen) atoms. The van der Waals surface area contributed by atoms with Crippen LogP contribution in [0.5, 0.6) is 0 Å². The van der Waals surface area contributed by atoms with Gasteiger partial charge in [0.05, 0.1) is 6.10 Å². The second kappa shape index (κ2) is 8.92. The highest BCUT2D eigenvalue weighted by Gasteiger charge is 2.18. The molecule has 1 nitrogen and oxygen atoms in total. The van der Waals surface area contributed by atoms with Gasteiger partial charge in [-0.15, -0.1) is 0 Å². The van der Waals surface area contributed by atoms with Gasteiger partial charge in [-0.05, 0) is 45.4 Å². The van der Waals surface area contributed by atoms with Crippen molar-refractivity contribution in [2.45, 2.75) is 59.0 Å². The summed E-state index contributed by atoms with van der Waals surface area (Å²) in [4.78, 5) is 0. The Bertz CT molecular complexity index is 371. The summed E-state index contributed by atoms with van der Waals surface area (Å²) in [6.07, 6.45) is 17.6. The molecule has 2 unspecified atom stereocenters. The average Bonchev–Trinajstić information content (AvgIpc) is 2.92. The molecule has 0 aromatic carbocycles. The minimum atomic E-state index is -0.180. The van der Waals surface area contributed by atoms with Gasteiger partial charge < -0.3 is 5.11 Å². The molecule has 0 radical (unpaired) electrons. The van der Waals surface area contributed by atoms with Crippen LogP contribution in [-0.2, 0) is 0 Å². The van der Waals surface area contributed by atoms with Gasteiger partial charge in [-0.2, -0.15) is 0 Å². The fourth-order valence-corrected chi connectivity index (χ4v) is 2.49. The number of aliphatic hydroxyl groups excluding tert-OH is 1. The van der Waals surface area contributed by atoms with Crippen molar-refractivity contribution < 1.29 is 5.11 Å². The Morgan fingerprint density at radius 3 is 2.84 bits per heavy atom. The van der Waals surface area contributed by atoms with Crippen LogP contribution in [0.15, 0.2) is 47.6 Å². The van der Waals surface area contributed by atoms with Gasteiger partial charge in [-0.3, -0.25) is 0 Å². The normalized spacial score (nSPS) is 18.9. The lowest BCUT2D eigenvalue weighted by Crippen LogP contribution is -2.20. The van der Waals surface area contributed by atoms with Crippen LogP contribution in [0.3, 0.4) is 0 Å². The Hall–Kier alpha value is -1.08. The van der Waals surface area contributed by atoms with Crippen LogP contribution in [0.1, 0.15) is 52.9 Å². The van der Waals surface area contributed by atoms with Crippen LogP contribution >= 0.6 is 0 Å². The Morgan fingerprint density at radius 1 is 1.47 bits per heavy atom. The smallest absolute Gasteiger partial charge is 0.0574 e. The molecule has 1 N–H and O–H groups in total. The molecule has 0 aliphatic heterocycles. The Balaban J connectivity index is 2.38. The second-order valence-electron chi connectivity index (χ2n) is 5.47. The molecule has 0 aromatic heterocycles. The summed E-state index contributed by atoms with van der Waals surface area (Å²) in [5.74, 6) is 0.403. The standard InChI is InChI=1S/C18H28O/c1-4-6-9-15(3)12-13-18(19)17(5-2)14-16-10-7-8-11-16/h4,6-10,17-19H,5,11-14H2,1-3H3/b6-4-,15-9+. The summed E-state index contributed by atoms with van der Waals surface area (Å²) in [5.41, 5.74) is 2.81. The van der Waals surface area contributed by atoms with Gasteiger partial charge in [-0.1, -0.05) is 60.9 Å². The summed E-state index contributed by atoms with van der Waals surface area (Å²) < 4.78 is 0. The first-order valence-electron chi connectivity index (χ1n) is 7.48. The quantitative estimate of drug-likeness (QED) is 0.612. The molecule has 0 saturated carbocycles. The maximum absolute atomic E-state index is 10.4. The molecule has 0 aromatic rings. The maximum atomic E-state index is 10.4. The minimum absolute atomic E-state index is 0.180. The molecule has 2 atom stereocenters. The van der Waals surface area contributed by atoms with Crippen molar-refractivity contribution in [3.8, 4) is 0 Å². The van der Waals surface area contributed by atoms with Gasteiger partial charge in [0.25, 0.3) is 0 Å². The molecule has 0 heterocycles. The fraction of sp³-hybridized carbons (Fsp3) is 0.556. The molecule has 1 aliphatic carbocycles. The van der Waals surface area contributed by atoms with Gasteiger partial charge in [0.15, 0.2) is 0 Å². The van der Waals surface area contributed by atoms with Gasteiger partial charge >= 0.3 is 0 Å². The van der Waals surface area contributed by atoms with E-state index in [4.69, 9.17) is 0 Å².